The molecule has 1 aromatic heterocycles. The zero-order valence-electron chi connectivity index (χ0n) is 12.6. The maximum Gasteiger partial charge on any atom is 0.123 e. The molecule has 1 aromatic carbocycles. The second kappa shape index (κ2) is 5.75. The number of hydrogen-bond acceptors (Lipinski definition) is 2. The highest BCUT2D eigenvalue weighted by Gasteiger charge is 2.17. The van der Waals surface area contributed by atoms with Crippen LogP contribution in [0.1, 0.15) is 47.5 Å². The number of nitrogens with zero attached hydrogens (tertiary/aromatic N) is 2. The molecule has 2 aromatic rings. The highest BCUT2D eigenvalue weighted by molar-refractivity contribution is 5.31. The molecule has 0 radical (unpaired) electrons. The molecule has 3 nitrogen and oxygen atoms in total. The van der Waals surface area contributed by atoms with Crippen molar-refractivity contribution < 1.29 is 4.39 Å². The standard InChI is InChI=1S/C16H22FN3/c1-5-15(18)16-11(3)19-20(12(16)4)9-13-8-14(17)7-6-10(13)2/h6-8,15H,5,9,18H2,1-4H3. The summed E-state index contributed by atoms with van der Waals surface area (Å²) in [5.74, 6) is -0.211. The van der Waals surface area contributed by atoms with Crippen LogP contribution in [0, 0.1) is 26.6 Å². The molecule has 0 aliphatic rings. The van der Waals surface area contributed by atoms with Crippen LogP contribution in [0.3, 0.4) is 0 Å². The lowest BCUT2D eigenvalue weighted by Crippen LogP contribution is -2.11. The number of hydrogen-bond donors (Lipinski definition) is 1. The lowest BCUT2D eigenvalue weighted by Gasteiger charge is -2.11. The van der Waals surface area contributed by atoms with Gasteiger partial charge in [-0.05, 0) is 50.5 Å². The third-order valence-electron chi connectivity index (χ3n) is 3.88. The molecule has 4 heteroatoms. The van der Waals surface area contributed by atoms with E-state index in [2.05, 4.69) is 12.0 Å². The fraction of sp³-hybridized carbons (Fsp3) is 0.438. The van der Waals surface area contributed by atoms with E-state index in [9.17, 15) is 4.39 Å². The molecule has 0 spiro atoms. The molecule has 0 bridgehead atoms. The molecule has 2 rings (SSSR count). The fourth-order valence-electron chi connectivity index (χ4n) is 2.58. The van der Waals surface area contributed by atoms with Crippen molar-refractivity contribution in [2.75, 3.05) is 0 Å². The number of nitrogens with two attached hydrogens (primary N) is 1. The largest absolute Gasteiger partial charge is 0.324 e. The van der Waals surface area contributed by atoms with Gasteiger partial charge in [0, 0.05) is 17.3 Å². The van der Waals surface area contributed by atoms with Gasteiger partial charge in [0.2, 0.25) is 0 Å². The van der Waals surface area contributed by atoms with Gasteiger partial charge in [-0.25, -0.2) is 4.39 Å². The van der Waals surface area contributed by atoms with Crippen LogP contribution in [0.25, 0.3) is 0 Å². The van der Waals surface area contributed by atoms with Crippen molar-refractivity contribution in [3.63, 3.8) is 0 Å². The van der Waals surface area contributed by atoms with Gasteiger partial charge in [-0.2, -0.15) is 5.10 Å². The maximum atomic E-state index is 13.4. The summed E-state index contributed by atoms with van der Waals surface area (Å²) in [4.78, 5) is 0. The van der Waals surface area contributed by atoms with Gasteiger partial charge < -0.3 is 5.73 Å². The Balaban J connectivity index is 2.37. The summed E-state index contributed by atoms with van der Waals surface area (Å²) in [7, 11) is 0. The van der Waals surface area contributed by atoms with Crippen LogP contribution in [0.5, 0.6) is 0 Å². The van der Waals surface area contributed by atoms with Crippen LogP contribution < -0.4 is 5.73 Å². The molecule has 0 saturated heterocycles. The smallest absolute Gasteiger partial charge is 0.123 e. The summed E-state index contributed by atoms with van der Waals surface area (Å²) in [5.41, 5.74) is 11.3. The molecule has 2 N–H and O–H groups in total. The molecule has 0 saturated carbocycles. The molecule has 1 atom stereocenters. The zero-order chi connectivity index (χ0) is 14.9. The minimum atomic E-state index is -0.211. The van der Waals surface area contributed by atoms with E-state index in [-0.39, 0.29) is 11.9 Å². The van der Waals surface area contributed by atoms with Crippen molar-refractivity contribution in [2.24, 2.45) is 5.73 Å². The van der Waals surface area contributed by atoms with Crippen molar-refractivity contribution in [3.05, 3.63) is 52.1 Å². The quantitative estimate of drug-likeness (QED) is 0.929. The minimum Gasteiger partial charge on any atom is -0.324 e. The summed E-state index contributed by atoms with van der Waals surface area (Å²) in [5, 5.41) is 4.56. The van der Waals surface area contributed by atoms with E-state index < -0.39 is 0 Å². The Labute approximate surface area is 119 Å². The van der Waals surface area contributed by atoms with Crippen LogP contribution in [-0.4, -0.2) is 9.78 Å². The predicted octanol–water partition coefficient (Wildman–Crippen LogP) is 3.41. The predicted molar refractivity (Wildman–Crippen MR) is 79.2 cm³/mol. The Morgan fingerprint density at radius 3 is 2.65 bits per heavy atom. The molecule has 0 amide bonds. The molecule has 0 fully saturated rings. The number of benzene rings is 1. The third kappa shape index (κ3) is 2.75. The number of aryl methyl sites for hydroxylation is 2. The highest BCUT2D eigenvalue weighted by atomic mass is 19.1. The van der Waals surface area contributed by atoms with Crippen molar-refractivity contribution in [1.82, 2.24) is 9.78 Å². The van der Waals surface area contributed by atoms with Crippen LogP contribution in [0.2, 0.25) is 0 Å². The second-order valence-electron chi connectivity index (χ2n) is 5.33. The second-order valence-corrected chi connectivity index (χ2v) is 5.33. The SMILES string of the molecule is CCC(N)c1c(C)nn(Cc2cc(F)ccc2C)c1C. The van der Waals surface area contributed by atoms with Crippen LogP contribution >= 0.6 is 0 Å². The average Bonchev–Trinajstić information content (AvgIpc) is 2.68. The summed E-state index contributed by atoms with van der Waals surface area (Å²) in [6.07, 6.45) is 0.881. The molecule has 0 aliphatic heterocycles. The van der Waals surface area contributed by atoms with Crippen LogP contribution in [0.4, 0.5) is 4.39 Å². The monoisotopic (exact) mass is 275 g/mol. The van der Waals surface area contributed by atoms with Gasteiger partial charge in [0.05, 0.1) is 12.2 Å². The van der Waals surface area contributed by atoms with Gasteiger partial charge in [0.15, 0.2) is 0 Å². The first-order valence-corrected chi connectivity index (χ1v) is 6.98. The van der Waals surface area contributed by atoms with Gasteiger partial charge in [-0.3, -0.25) is 4.68 Å². The lowest BCUT2D eigenvalue weighted by molar-refractivity contribution is 0.613. The van der Waals surface area contributed by atoms with E-state index in [0.29, 0.717) is 6.54 Å². The van der Waals surface area contributed by atoms with E-state index in [1.165, 1.54) is 6.07 Å². The Hall–Kier alpha value is -1.68. The van der Waals surface area contributed by atoms with Gasteiger partial charge in [0.25, 0.3) is 0 Å². The Bertz CT molecular complexity index is 616. The Morgan fingerprint density at radius 1 is 1.30 bits per heavy atom. The lowest BCUT2D eigenvalue weighted by atomic mass is 10.0. The normalized spacial score (nSPS) is 12.7. The van der Waals surface area contributed by atoms with E-state index in [4.69, 9.17) is 5.73 Å². The molecule has 20 heavy (non-hydrogen) atoms. The topological polar surface area (TPSA) is 43.8 Å². The van der Waals surface area contributed by atoms with Gasteiger partial charge in [-0.1, -0.05) is 13.0 Å². The molecule has 1 unspecified atom stereocenters. The van der Waals surface area contributed by atoms with Crippen molar-refractivity contribution in [3.8, 4) is 0 Å². The summed E-state index contributed by atoms with van der Waals surface area (Å²) in [6, 6.07) is 4.87. The van der Waals surface area contributed by atoms with E-state index in [1.54, 1.807) is 12.1 Å². The summed E-state index contributed by atoms with van der Waals surface area (Å²) in [6.45, 7) is 8.63. The van der Waals surface area contributed by atoms with E-state index in [0.717, 1.165) is 34.5 Å². The molecule has 1 heterocycles. The minimum absolute atomic E-state index is 0.0114. The van der Waals surface area contributed by atoms with Gasteiger partial charge in [0.1, 0.15) is 5.82 Å². The first kappa shape index (κ1) is 14.7. The summed E-state index contributed by atoms with van der Waals surface area (Å²) >= 11 is 0. The molecular formula is C16H22FN3. The van der Waals surface area contributed by atoms with E-state index in [1.807, 2.05) is 25.5 Å². The first-order chi connectivity index (χ1) is 9.43. The van der Waals surface area contributed by atoms with Crippen LogP contribution in [0.15, 0.2) is 18.2 Å². The Kier molecular flexibility index (Phi) is 4.23. The van der Waals surface area contributed by atoms with Gasteiger partial charge in [-0.15, -0.1) is 0 Å². The highest BCUT2D eigenvalue weighted by Crippen LogP contribution is 2.23. The number of aromatic nitrogens is 2. The Morgan fingerprint density at radius 2 is 2.00 bits per heavy atom. The maximum absolute atomic E-state index is 13.4. The van der Waals surface area contributed by atoms with Crippen molar-refractivity contribution in [1.29, 1.82) is 0 Å². The third-order valence-corrected chi connectivity index (χ3v) is 3.88. The first-order valence-electron chi connectivity index (χ1n) is 6.98. The van der Waals surface area contributed by atoms with E-state index >= 15 is 0 Å². The molecule has 108 valence electrons. The summed E-state index contributed by atoms with van der Waals surface area (Å²) < 4.78 is 15.3. The number of halogens is 1. The zero-order valence-corrected chi connectivity index (χ0v) is 12.6. The van der Waals surface area contributed by atoms with Crippen molar-refractivity contribution in [2.45, 2.75) is 46.7 Å². The molecule has 0 aliphatic carbocycles. The molecular weight excluding hydrogens is 253 g/mol. The van der Waals surface area contributed by atoms with Crippen LogP contribution in [-0.2, 0) is 6.54 Å². The number of rotatable bonds is 4. The average molecular weight is 275 g/mol. The van der Waals surface area contributed by atoms with Gasteiger partial charge >= 0.3 is 0 Å². The fourth-order valence-corrected chi connectivity index (χ4v) is 2.58. The van der Waals surface area contributed by atoms with Crippen molar-refractivity contribution >= 4 is 0 Å².